The highest BCUT2D eigenvalue weighted by Crippen LogP contribution is 2.23. The Morgan fingerprint density at radius 2 is 1.76 bits per heavy atom. The van der Waals surface area contributed by atoms with Crippen molar-refractivity contribution in [3.05, 3.63) is 81.6 Å². The van der Waals surface area contributed by atoms with Crippen LogP contribution in [0.25, 0.3) is 11.4 Å². The number of non-ortho nitro benzene ring substituents is 1. The lowest BCUT2D eigenvalue weighted by Crippen LogP contribution is -2.13. The van der Waals surface area contributed by atoms with Gasteiger partial charge in [0.25, 0.3) is 11.6 Å². The topological polar surface area (TPSA) is 98.0 Å². The van der Waals surface area contributed by atoms with E-state index in [2.05, 4.69) is 15.3 Å². The molecule has 0 aliphatic rings. The molecule has 0 aliphatic carbocycles. The minimum atomic E-state index is -0.580. The quantitative estimate of drug-likeness (QED) is 0.565. The van der Waals surface area contributed by atoms with Gasteiger partial charge in [0, 0.05) is 17.7 Å². The Bertz CT molecular complexity index is 930. The van der Waals surface area contributed by atoms with E-state index in [1.807, 2.05) is 30.3 Å². The first kappa shape index (κ1) is 16.5. The van der Waals surface area contributed by atoms with Gasteiger partial charge in [-0.2, -0.15) is 0 Å². The second-order valence-electron chi connectivity index (χ2n) is 5.04. The van der Waals surface area contributed by atoms with E-state index >= 15 is 0 Å². The maximum absolute atomic E-state index is 12.3. The molecular weight excluding hydrogens is 344 g/mol. The zero-order valence-electron chi connectivity index (χ0n) is 12.7. The van der Waals surface area contributed by atoms with Crippen LogP contribution in [0.2, 0.25) is 5.02 Å². The zero-order valence-corrected chi connectivity index (χ0v) is 13.5. The van der Waals surface area contributed by atoms with Crippen LogP contribution in [0.3, 0.4) is 0 Å². The third-order valence-corrected chi connectivity index (χ3v) is 3.66. The van der Waals surface area contributed by atoms with Gasteiger partial charge in [-0.1, -0.05) is 41.9 Å². The molecule has 0 fully saturated rings. The average molecular weight is 355 g/mol. The summed E-state index contributed by atoms with van der Waals surface area (Å²) in [4.78, 5) is 30.8. The molecule has 3 rings (SSSR count). The molecule has 0 radical (unpaired) electrons. The fourth-order valence-electron chi connectivity index (χ4n) is 2.13. The molecule has 0 spiro atoms. The van der Waals surface area contributed by atoms with Gasteiger partial charge in [-0.05, 0) is 6.07 Å². The van der Waals surface area contributed by atoms with Crippen LogP contribution in [-0.4, -0.2) is 20.8 Å². The molecule has 1 amide bonds. The van der Waals surface area contributed by atoms with Gasteiger partial charge in [0.15, 0.2) is 5.82 Å². The summed E-state index contributed by atoms with van der Waals surface area (Å²) in [6, 6.07) is 13.1. The molecule has 0 saturated carbocycles. The summed E-state index contributed by atoms with van der Waals surface area (Å²) in [6.07, 6.45) is 2.96. The normalized spacial score (nSPS) is 10.3. The number of aromatic nitrogens is 2. The second-order valence-corrected chi connectivity index (χ2v) is 5.44. The van der Waals surface area contributed by atoms with Crippen molar-refractivity contribution in [3.63, 3.8) is 0 Å². The van der Waals surface area contributed by atoms with Crippen LogP contribution in [0, 0.1) is 10.1 Å². The third kappa shape index (κ3) is 3.78. The summed E-state index contributed by atoms with van der Waals surface area (Å²) in [5.41, 5.74) is 1.19. The maximum atomic E-state index is 12.3. The van der Waals surface area contributed by atoms with E-state index < -0.39 is 10.8 Å². The van der Waals surface area contributed by atoms with Gasteiger partial charge >= 0.3 is 0 Å². The molecule has 124 valence electrons. The first-order valence-corrected chi connectivity index (χ1v) is 7.55. The van der Waals surface area contributed by atoms with Crippen molar-refractivity contribution in [2.24, 2.45) is 0 Å². The highest BCUT2D eigenvalue weighted by atomic mass is 35.5. The Balaban J connectivity index is 1.76. The molecule has 0 atom stereocenters. The van der Waals surface area contributed by atoms with Crippen molar-refractivity contribution >= 4 is 28.9 Å². The number of carbonyl (C=O) groups is 1. The number of nitro groups is 1. The van der Waals surface area contributed by atoms with Crippen LogP contribution in [0.1, 0.15) is 10.4 Å². The Morgan fingerprint density at radius 3 is 2.36 bits per heavy atom. The molecule has 7 nitrogen and oxygen atoms in total. The van der Waals surface area contributed by atoms with Gasteiger partial charge in [-0.3, -0.25) is 14.9 Å². The molecule has 1 heterocycles. The summed E-state index contributed by atoms with van der Waals surface area (Å²) < 4.78 is 0. The molecule has 0 unspecified atom stereocenters. The molecule has 25 heavy (non-hydrogen) atoms. The maximum Gasteiger partial charge on any atom is 0.270 e. The second kappa shape index (κ2) is 7.06. The van der Waals surface area contributed by atoms with Crippen LogP contribution in [0.4, 0.5) is 11.4 Å². The number of nitrogens with one attached hydrogen (secondary N) is 1. The Morgan fingerprint density at radius 1 is 1.08 bits per heavy atom. The zero-order chi connectivity index (χ0) is 17.8. The molecule has 2 aromatic carbocycles. The number of amides is 1. The number of nitro benzene ring substituents is 1. The monoisotopic (exact) mass is 354 g/mol. The molecule has 1 aromatic heterocycles. The summed E-state index contributed by atoms with van der Waals surface area (Å²) in [7, 11) is 0. The van der Waals surface area contributed by atoms with E-state index in [9.17, 15) is 14.9 Å². The molecule has 0 saturated heterocycles. The number of rotatable bonds is 4. The largest absolute Gasteiger partial charge is 0.319 e. The highest BCUT2D eigenvalue weighted by Gasteiger charge is 2.15. The Hall–Kier alpha value is -3.32. The molecule has 8 heteroatoms. The summed E-state index contributed by atoms with van der Waals surface area (Å²) in [5.74, 6) is 0.0305. The lowest BCUT2D eigenvalue weighted by molar-refractivity contribution is -0.384. The van der Waals surface area contributed by atoms with E-state index in [0.717, 1.165) is 11.6 Å². The summed E-state index contributed by atoms with van der Waals surface area (Å²) in [6.45, 7) is 0. The van der Waals surface area contributed by atoms with Crippen molar-refractivity contribution in [1.82, 2.24) is 9.97 Å². The van der Waals surface area contributed by atoms with Gasteiger partial charge < -0.3 is 5.32 Å². The molecule has 0 bridgehead atoms. The fourth-order valence-corrected chi connectivity index (χ4v) is 2.39. The van der Waals surface area contributed by atoms with Gasteiger partial charge in [0.05, 0.1) is 33.6 Å². The minimum absolute atomic E-state index is 0.00600. The SMILES string of the molecule is O=C(Nc1cnc(-c2ccccc2)nc1)c1ccc([N+](=O)[O-])cc1Cl. The fraction of sp³-hybridized carbons (Fsp3) is 0. The third-order valence-electron chi connectivity index (χ3n) is 3.35. The first-order valence-electron chi connectivity index (χ1n) is 7.17. The van der Waals surface area contributed by atoms with Crippen molar-refractivity contribution in [3.8, 4) is 11.4 Å². The van der Waals surface area contributed by atoms with E-state index in [1.165, 1.54) is 24.5 Å². The number of anilines is 1. The van der Waals surface area contributed by atoms with E-state index in [1.54, 1.807) is 0 Å². The highest BCUT2D eigenvalue weighted by molar-refractivity contribution is 6.34. The van der Waals surface area contributed by atoms with Crippen molar-refractivity contribution in [2.75, 3.05) is 5.32 Å². The average Bonchev–Trinajstić information content (AvgIpc) is 2.62. The van der Waals surface area contributed by atoms with Crippen LogP contribution in [0.5, 0.6) is 0 Å². The van der Waals surface area contributed by atoms with Gasteiger partial charge in [-0.15, -0.1) is 0 Å². The number of hydrogen-bond donors (Lipinski definition) is 1. The van der Waals surface area contributed by atoms with Crippen molar-refractivity contribution in [1.29, 1.82) is 0 Å². The number of carbonyl (C=O) groups excluding carboxylic acids is 1. The smallest absolute Gasteiger partial charge is 0.270 e. The number of halogens is 1. The number of benzene rings is 2. The Kier molecular flexibility index (Phi) is 4.67. The van der Waals surface area contributed by atoms with Crippen LogP contribution >= 0.6 is 11.6 Å². The predicted molar refractivity (Wildman–Crippen MR) is 93.5 cm³/mol. The van der Waals surface area contributed by atoms with Gasteiger partial charge in [-0.25, -0.2) is 9.97 Å². The van der Waals surface area contributed by atoms with Crippen molar-refractivity contribution in [2.45, 2.75) is 0 Å². The molecular formula is C17H11ClN4O3. The molecule has 0 aliphatic heterocycles. The van der Waals surface area contributed by atoms with E-state index in [4.69, 9.17) is 11.6 Å². The van der Waals surface area contributed by atoms with E-state index in [-0.39, 0.29) is 16.3 Å². The standard InChI is InChI=1S/C17H11ClN4O3/c18-15-8-13(22(24)25)6-7-14(15)17(23)21-12-9-19-16(20-10-12)11-4-2-1-3-5-11/h1-10H,(H,21,23). The van der Waals surface area contributed by atoms with Crippen LogP contribution in [0.15, 0.2) is 60.9 Å². The number of nitrogens with zero attached hydrogens (tertiary/aromatic N) is 3. The first-order chi connectivity index (χ1) is 12.0. The summed E-state index contributed by atoms with van der Waals surface area (Å²) >= 11 is 5.94. The predicted octanol–water partition coefficient (Wildman–Crippen LogP) is 3.96. The minimum Gasteiger partial charge on any atom is -0.319 e. The van der Waals surface area contributed by atoms with E-state index in [0.29, 0.717) is 11.5 Å². The Labute approximate surface area is 147 Å². The van der Waals surface area contributed by atoms with Gasteiger partial charge in [0.1, 0.15) is 0 Å². The summed E-state index contributed by atoms with van der Waals surface area (Å²) in [5, 5.41) is 13.3. The van der Waals surface area contributed by atoms with Gasteiger partial charge in [0.2, 0.25) is 0 Å². The van der Waals surface area contributed by atoms with Crippen LogP contribution in [-0.2, 0) is 0 Å². The van der Waals surface area contributed by atoms with Crippen LogP contribution < -0.4 is 5.32 Å². The number of hydrogen-bond acceptors (Lipinski definition) is 5. The lowest BCUT2D eigenvalue weighted by Gasteiger charge is -2.07. The lowest BCUT2D eigenvalue weighted by atomic mass is 10.2. The molecule has 3 aromatic rings. The van der Waals surface area contributed by atoms with Crippen molar-refractivity contribution < 1.29 is 9.72 Å². The molecule has 1 N–H and O–H groups in total.